The van der Waals surface area contributed by atoms with Gasteiger partial charge in [-0.05, 0) is 36.2 Å². The fraction of sp³-hybridized carbons (Fsp3) is 0.133. The molecule has 0 spiro atoms. The van der Waals surface area contributed by atoms with E-state index in [9.17, 15) is 0 Å². The van der Waals surface area contributed by atoms with Gasteiger partial charge in [0.25, 0.3) is 0 Å². The summed E-state index contributed by atoms with van der Waals surface area (Å²) in [6.45, 7) is 2.14. The van der Waals surface area contributed by atoms with E-state index in [-0.39, 0.29) is 0 Å². The van der Waals surface area contributed by atoms with Crippen LogP contribution in [0.3, 0.4) is 0 Å². The number of hydrogen-bond acceptors (Lipinski definition) is 3. The second kappa shape index (κ2) is 4.65. The Morgan fingerprint density at radius 2 is 2.16 bits per heavy atom. The van der Waals surface area contributed by atoms with E-state index in [1.807, 2.05) is 24.3 Å². The predicted octanol–water partition coefficient (Wildman–Crippen LogP) is 3.45. The average Bonchev–Trinajstić information content (AvgIpc) is 2.86. The van der Waals surface area contributed by atoms with Crippen molar-refractivity contribution in [2.75, 3.05) is 11.1 Å². The van der Waals surface area contributed by atoms with Gasteiger partial charge in [0.05, 0.1) is 23.1 Å². The number of nitrogens with two attached hydrogens (primary N) is 1. The lowest BCUT2D eigenvalue weighted by Gasteiger charge is -2.10. The summed E-state index contributed by atoms with van der Waals surface area (Å²) in [5.41, 5.74) is 11.0. The van der Waals surface area contributed by atoms with Crippen molar-refractivity contribution in [2.24, 2.45) is 0 Å². The van der Waals surface area contributed by atoms with Crippen molar-refractivity contribution < 1.29 is 0 Å². The number of nitrogen functional groups attached to an aromatic ring is 1. The molecule has 3 rings (SSSR count). The smallest absolute Gasteiger partial charge is 0.0672 e. The molecule has 0 aliphatic heterocycles. The van der Waals surface area contributed by atoms with Gasteiger partial charge in [-0.2, -0.15) is 5.10 Å². The molecular weight excluding hydrogens is 236 g/mol. The summed E-state index contributed by atoms with van der Waals surface area (Å²) in [4.78, 5) is 0. The first-order valence-corrected chi connectivity index (χ1v) is 6.35. The third-order valence-corrected chi connectivity index (χ3v) is 3.22. The van der Waals surface area contributed by atoms with Crippen molar-refractivity contribution in [1.29, 1.82) is 0 Å². The Kier molecular flexibility index (Phi) is 2.83. The molecule has 0 saturated heterocycles. The van der Waals surface area contributed by atoms with Gasteiger partial charge in [-0.3, -0.25) is 5.10 Å². The zero-order valence-electron chi connectivity index (χ0n) is 10.8. The number of nitrogens with zero attached hydrogens (tertiary/aromatic N) is 1. The maximum atomic E-state index is 6.06. The highest BCUT2D eigenvalue weighted by molar-refractivity contribution is 5.89. The molecular formula is C15H16N4. The topological polar surface area (TPSA) is 66.7 Å². The maximum absolute atomic E-state index is 6.06. The Hall–Kier alpha value is -2.49. The molecule has 0 aliphatic carbocycles. The number of H-pyrrole nitrogens is 1. The fourth-order valence-corrected chi connectivity index (χ4v) is 2.14. The molecule has 1 aromatic heterocycles. The van der Waals surface area contributed by atoms with Crippen LogP contribution in [0.1, 0.15) is 12.5 Å². The summed E-state index contributed by atoms with van der Waals surface area (Å²) in [6, 6.07) is 12.2. The molecule has 0 saturated carbocycles. The number of fused-ring (bicyclic) bond motifs is 1. The Morgan fingerprint density at radius 3 is 3.00 bits per heavy atom. The monoisotopic (exact) mass is 252 g/mol. The van der Waals surface area contributed by atoms with Crippen molar-refractivity contribution in [3.05, 3.63) is 48.2 Å². The summed E-state index contributed by atoms with van der Waals surface area (Å²) >= 11 is 0. The van der Waals surface area contributed by atoms with Gasteiger partial charge < -0.3 is 11.1 Å². The van der Waals surface area contributed by atoms with Crippen molar-refractivity contribution in [2.45, 2.75) is 13.3 Å². The maximum Gasteiger partial charge on any atom is 0.0672 e. The molecule has 0 bridgehead atoms. The minimum atomic E-state index is 0.718. The van der Waals surface area contributed by atoms with E-state index in [1.54, 1.807) is 6.20 Å². The van der Waals surface area contributed by atoms with E-state index in [2.05, 4.69) is 34.6 Å². The lowest BCUT2D eigenvalue weighted by Crippen LogP contribution is -1.96. The van der Waals surface area contributed by atoms with Crippen LogP contribution >= 0.6 is 0 Å². The number of anilines is 3. The highest BCUT2D eigenvalue weighted by Gasteiger charge is 2.04. The fourth-order valence-electron chi connectivity index (χ4n) is 2.14. The Labute approximate surface area is 111 Å². The summed E-state index contributed by atoms with van der Waals surface area (Å²) in [5, 5.41) is 11.3. The third-order valence-electron chi connectivity index (χ3n) is 3.22. The van der Waals surface area contributed by atoms with Crippen molar-refractivity contribution >= 4 is 28.0 Å². The van der Waals surface area contributed by atoms with Crippen LogP contribution < -0.4 is 11.1 Å². The first-order valence-electron chi connectivity index (χ1n) is 6.35. The van der Waals surface area contributed by atoms with Crippen LogP contribution in [0.4, 0.5) is 17.1 Å². The SMILES string of the molecule is CCc1cccc(Nc2cc3[nH]ncc3cc2N)c1. The van der Waals surface area contributed by atoms with Gasteiger partial charge in [-0.25, -0.2) is 0 Å². The molecule has 0 unspecified atom stereocenters. The minimum Gasteiger partial charge on any atom is -0.397 e. The molecule has 0 amide bonds. The summed E-state index contributed by atoms with van der Waals surface area (Å²) in [7, 11) is 0. The van der Waals surface area contributed by atoms with Gasteiger partial charge in [0.2, 0.25) is 0 Å². The average molecular weight is 252 g/mol. The predicted molar refractivity (Wildman–Crippen MR) is 79.6 cm³/mol. The first-order chi connectivity index (χ1) is 9.26. The summed E-state index contributed by atoms with van der Waals surface area (Å²) in [6.07, 6.45) is 2.79. The molecule has 4 heteroatoms. The van der Waals surface area contributed by atoms with Gasteiger partial charge in [-0.15, -0.1) is 0 Å². The molecule has 4 nitrogen and oxygen atoms in total. The molecule has 19 heavy (non-hydrogen) atoms. The van der Waals surface area contributed by atoms with Crippen molar-refractivity contribution in [3.8, 4) is 0 Å². The summed E-state index contributed by atoms with van der Waals surface area (Å²) in [5.74, 6) is 0. The van der Waals surface area contributed by atoms with E-state index >= 15 is 0 Å². The lowest BCUT2D eigenvalue weighted by atomic mass is 10.1. The number of aromatic nitrogens is 2. The van der Waals surface area contributed by atoms with Gasteiger partial charge in [0.15, 0.2) is 0 Å². The number of aryl methyl sites for hydroxylation is 1. The molecule has 0 atom stereocenters. The van der Waals surface area contributed by atoms with E-state index in [4.69, 9.17) is 5.73 Å². The Bertz CT molecular complexity index is 715. The van der Waals surface area contributed by atoms with Gasteiger partial charge in [-0.1, -0.05) is 19.1 Å². The van der Waals surface area contributed by atoms with Crippen LogP contribution in [0.15, 0.2) is 42.6 Å². The van der Waals surface area contributed by atoms with E-state index in [1.165, 1.54) is 5.56 Å². The zero-order valence-corrected chi connectivity index (χ0v) is 10.8. The molecule has 3 aromatic rings. The van der Waals surface area contributed by atoms with Crippen LogP contribution in [0.5, 0.6) is 0 Å². The van der Waals surface area contributed by atoms with E-state index < -0.39 is 0 Å². The van der Waals surface area contributed by atoms with Crippen molar-refractivity contribution in [1.82, 2.24) is 10.2 Å². The lowest BCUT2D eigenvalue weighted by molar-refractivity contribution is 1.12. The highest BCUT2D eigenvalue weighted by Crippen LogP contribution is 2.27. The normalized spacial score (nSPS) is 10.8. The number of benzene rings is 2. The molecule has 96 valence electrons. The van der Waals surface area contributed by atoms with Crippen LogP contribution in [0.25, 0.3) is 10.9 Å². The largest absolute Gasteiger partial charge is 0.397 e. The van der Waals surface area contributed by atoms with Crippen LogP contribution in [0, 0.1) is 0 Å². The Balaban J connectivity index is 1.97. The molecule has 0 fully saturated rings. The van der Waals surface area contributed by atoms with Gasteiger partial charge >= 0.3 is 0 Å². The third kappa shape index (κ3) is 2.25. The number of aromatic amines is 1. The quantitative estimate of drug-likeness (QED) is 0.625. The van der Waals surface area contributed by atoms with Gasteiger partial charge in [0, 0.05) is 11.1 Å². The Morgan fingerprint density at radius 1 is 1.26 bits per heavy atom. The van der Waals surface area contributed by atoms with E-state index in [0.717, 1.165) is 34.4 Å². The molecule has 4 N–H and O–H groups in total. The highest BCUT2D eigenvalue weighted by atomic mass is 15.1. The number of rotatable bonds is 3. The zero-order chi connectivity index (χ0) is 13.2. The molecule has 2 aromatic carbocycles. The van der Waals surface area contributed by atoms with Crippen LogP contribution in [0.2, 0.25) is 0 Å². The molecule has 0 aliphatic rings. The second-order valence-corrected chi connectivity index (χ2v) is 4.58. The van der Waals surface area contributed by atoms with Crippen molar-refractivity contribution in [3.63, 3.8) is 0 Å². The first kappa shape index (κ1) is 11.6. The van der Waals surface area contributed by atoms with E-state index in [0.29, 0.717) is 0 Å². The second-order valence-electron chi connectivity index (χ2n) is 4.58. The standard InChI is InChI=1S/C15H16N4/c1-2-10-4-3-5-12(6-10)18-15-8-14-11(7-13(15)16)9-17-19-14/h3-9,18H,2,16H2,1H3,(H,17,19). The number of nitrogens with one attached hydrogen (secondary N) is 2. The minimum absolute atomic E-state index is 0.718. The number of hydrogen-bond donors (Lipinski definition) is 3. The molecule has 1 heterocycles. The van der Waals surface area contributed by atoms with Crippen LogP contribution in [-0.2, 0) is 6.42 Å². The van der Waals surface area contributed by atoms with Gasteiger partial charge in [0.1, 0.15) is 0 Å². The van der Waals surface area contributed by atoms with Crippen LogP contribution in [-0.4, -0.2) is 10.2 Å². The molecule has 0 radical (unpaired) electrons. The summed E-state index contributed by atoms with van der Waals surface area (Å²) < 4.78 is 0.